The van der Waals surface area contributed by atoms with Gasteiger partial charge >= 0.3 is 12.1 Å². The van der Waals surface area contributed by atoms with Crippen molar-refractivity contribution in [3.63, 3.8) is 0 Å². The van der Waals surface area contributed by atoms with Gasteiger partial charge in [0.05, 0.1) is 30.4 Å². The molecule has 0 aromatic carbocycles. The lowest BCUT2D eigenvalue weighted by Crippen LogP contribution is -2.50. The van der Waals surface area contributed by atoms with E-state index in [0.29, 0.717) is 44.8 Å². The summed E-state index contributed by atoms with van der Waals surface area (Å²) in [5, 5.41) is 9.20. The number of hydrogen-bond acceptors (Lipinski definition) is 5. The third-order valence-corrected chi connectivity index (χ3v) is 5.27. The topological polar surface area (TPSA) is 96.4 Å². The van der Waals surface area contributed by atoms with Crippen LogP contribution in [0.5, 0.6) is 0 Å². The Kier molecular flexibility index (Phi) is 4.72. The number of esters is 1. The van der Waals surface area contributed by atoms with Gasteiger partial charge in [-0.2, -0.15) is 0 Å². The second kappa shape index (κ2) is 6.57. The highest BCUT2D eigenvalue weighted by atomic mass is 16.5. The molecule has 0 saturated carbocycles. The van der Waals surface area contributed by atoms with Crippen molar-refractivity contribution in [3.05, 3.63) is 11.8 Å². The Labute approximate surface area is 152 Å². The summed E-state index contributed by atoms with van der Waals surface area (Å²) in [7, 11) is 0. The Morgan fingerprint density at radius 1 is 1.35 bits per heavy atom. The summed E-state index contributed by atoms with van der Waals surface area (Å²) >= 11 is 0. The molecule has 0 aliphatic carbocycles. The predicted octanol–water partition coefficient (Wildman–Crippen LogP) is 1.46. The molecular formula is C18H26N2O6. The van der Waals surface area contributed by atoms with Crippen molar-refractivity contribution in [1.29, 1.82) is 0 Å². The first-order chi connectivity index (χ1) is 12.1. The molecule has 3 aliphatic heterocycles. The zero-order chi connectivity index (χ0) is 19.1. The van der Waals surface area contributed by atoms with E-state index in [2.05, 4.69) is 20.8 Å². The summed E-state index contributed by atoms with van der Waals surface area (Å²) < 4.78 is 11.1. The quantitative estimate of drug-likeness (QED) is 0.760. The zero-order valence-electron chi connectivity index (χ0n) is 15.5. The molecule has 0 bridgehead atoms. The van der Waals surface area contributed by atoms with Crippen LogP contribution in [0.15, 0.2) is 11.8 Å². The zero-order valence-corrected chi connectivity index (χ0v) is 15.5. The summed E-state index contributed by atoms with van der Waals surface area (Å²) in [6.07, 6.45) is 0.898. The lowest BCUT2D eigenvalue weighted by Gasteiger charge is -2.40. The maximum atomic E-state index is 13.3. The molecule has 0 radical (unpaired) electrons. The number of piperidine rings is 1. The Hall–Kier alpha value is -2.09. The molecule has 144 valence electrons. The Morgan fingerprint density at radius 2 is 2.00 bits per heavy atom. The molecule has 3 heterocycles. The number of likely N-dealkylation sites (tertiary alicyclic amines) is 2. The van der Waals surface area contributed by atoms with E-state index >= 15 is 0 Å². The van der Waals surface area contributed by atoms with E-state index in [-0.39, 0.29) is 24.0 Å². The van der Waals surface area contributed by atoms with E-state index < -0.39 is 17.5 Å². The van der Waals surface area contributed by atoms with Crippen molar-refractivity contribution >= 4 is 18.0 Å². The van der Waals surface area contributed by atoms with Gasteiger partial charge in [0.1, 0.15) is 6.61 Å². The van der Waals surface area contributed by atoms with Crippen molar-refractivity contribution in [2.45, 2.75) is 39.7 Å². The van der Waals surface area contributed by atoms with Gasteiger partial charge in [0, 0.05) is 19.2 Å². The molecule has 2 fully saturated rings. The predicted molar refractivity (Wildman–Crippen MR) is 91.2 cm³/mol. The van der Waals surface area contributed by atoms with Gasteiger partial charge in [-0.1, -0.05) is 20.8 Å². The van der Waals surface area contributed by atoms with Crippen molar-refractivity contribution in [3.8, 4) is 0 Å². The first-order valence-electron chi connectivity index (χ1n) is 8.91. The number of rotatable bonds is 3. The Morgan fingerprint density at radius 3 is 2.50 bits per heavy atom. The molecule has 1 unspecified atom stereocenters. The number of hydrogen-bond donors (Lipinski definition) is 1. The fourth-order valence-corrected chi connectivity index (χ4v) is 3.79. The van der Waals surface area contributed by atoms with Crippen LogP contribution in [0.4, 0.5) is 4.79 Å². The van der Waals surface area contributed by atoms with Crippen LogP contribution in [0.1, 0.15) is 33.6 Å². The standard InChI is InChI=1S/C18H26N2O6/c1-17(2,3)11-26-13-9-20(12-8-14(21)25-10-12)15(22)18(13)4-6-19(7-5-18)16(23)24/h8,13H,4-7,9-11H2,1-3H3,(H,23,24). The summed E-state index contributed by atoms with van der Waals surface area (Å²) in [6.45, 7) is 7.75. The van der Waals surface area contributed by atoms with Crippen LogP contribution in [0, 0.1) is 10.8 Å². The molecule has 26 heavy (non-hydrogen) atoms. The van der Waals surface area contributed by atoms with Crippen LogP contribution < -0.4 is 0 Å². The molecular weight excluding hydrogens is 340 g/mol. The van der Waals surface area contributed by atoms with E-state index in [4.69, 9.17) is 9.47 Å². The van der Waals surface area contributed by atoms with Gasteiger partial charge in [-0.3, -0.25) is 4.79 Å². The first-order valence-corrected chi connectivity index (χ1v) is 8.91. The van der Waals surface area contributed by atoms with Gasteiger partial charge < -0.3 is 24.4 Å². The average molecular weight is 366 g/mol. The lowest BCUT2D eigenvalue weighted by molar-refractivity contribution is -0.143. The monoisotopic (exact) mass is 366 g/mol. The number of amides is 2. The van der Waals surface area contributed by atoms with Gasteiger partial charge in [0.15, 0.2) is 0 Å². The van der Waals surface area contributed by atoms with Gasteiger partial charge in [-0.15, -0.1) is 0 Å². The summed E-state index contributed by atoms with van der Waals surface area (Å²) in [6, 6.07) is 0. The van der Waals surface area contributed by atoms with E-state index in [1.54, 1.807) is 4.90 Å². The Balaban J connectivity index is 1.83. The first kappa shape index (κ1) is 18.7. The van der Waals surface area contributed by atoms with Crippen LogP contribution in [0.2, 0.25) is 0 Å². The fraction of sp³-hybridized carbons (Fsp3) is 0.722. The van der Waals surface area contributed by atoms with E-state index in [9.17, 15) is 19.5 Å². The number of nitrogens with zero attached hydrogens (tertiary/aromatic N) is 2. The average Bonchev–Trinajstić information content (AvgIpc) is 3.09. The third-order valence-electron chi connectivity index (χ3n) is 5.27. The van der Waals surface area contributed by atoms with Crippen LogP contribution in [-0.2, 0) is 19.1 Å². The number of ether oxygens (including phenoxy) is 2. The molecule has 0 aromatic rings. The minimum atomic E-state index is -0.966. The van der Waals surface area contributed by atoms with Crippen LogP contribution in [0.25, 0.3) is 0 Å². The molecule has 2 saturated heterocycles. The lowest BCUT2D eigenvalue weighted by atomic mass is 9.75. The van der Waals surface area contributed by atoms with Crippen LogP contribution in [0.3, 0.4) is 0 Å². The number of carbonyl (C=O) groups excluding carboxylic acids is 2. The smallest absolute Gasteiger partial charge is 0.407 e. The van der Waals surface area contributed by atoms with Crippen molar-refractivity contribution in [2.75, 3.05) is 32.8 Å². The van der Waals surface area contributed by atoms with Crippen LogP contribution in [-0.4, -0.2) is 71.8 Å². The highest BCUT2D eigenvalue weighted by Gasteiger charge is 2.57. The van der Waals surface area contributed by atoms with Crippen molar-refractivity contribution in [2.24, 2.45) is 10.8 Å². The highest BCUT2D eigenvalue weighted by Crippen LogP contribution is 2.45. The minimum Gasteiger partial charge on any atom is -0.465 e. The second-order valence-electron chi connectivity index (χ2n) is 8.45. The van der Waals surface area contributed by atoms with Gasteiger partial charge in [-0.05, 0) is 18.3 Å². The molecule has 0 aromatic heterocycles. The van der Waals surface area contributed by atoms with Crippen molar-refractivity contribution in [1.82, 2.24) is 9.80 Å². The largest absolute Gasteiger partial charge is 0.465 e. The van der Waals surface area contributed by atoms with Gasteiger partial charge in [0.25, 0.3) is 0 Å². The number of carbonyl (C=O) groups is 3. The Bertz CT molecular complexity index is 643. The third kappa shape index (κ3) is 3.42. The molecule has 3 rings (SSSR count). The minimum absolute atomic E-state index is 0.0505. The van der Waals surface area contributed by atoms with E-state index in [1.165, 1.54) is 11.0 Å². The number of carboxylic acid groups (broad SMARTS) is 1. The summed E-state index contributed by atoms with van der Waals surface area (Å²) in [4.78, 5) is 38.8. The molecule has 1 atom stereocenters. The van der Waals surface area contributed by atoms with E-state index in [1.807, 2.05) is 0 Å². The summed E-state index contributed by atoms with van der Waals surface area (Å²) in [5.74, 6) is -0.535. The molecule has 1 spiro atoms. The SMILES string of the molecule is CC(C)(C)COC1CN(C2=CC(=O)OC2)C(=O)C12CCN(C(=O)O)CC2. The maximum Gasteiger partial charge on any atom is 0.407 e. The maximum absolute atomic E-state index is 13.3. The van der Waals surface area contributed by atoms with Gasteiger partial charge in [0.2, 0.25) is 5.91 Å². The summed E-state index contributed by atoms with van der Waals surface area (Å²) in [5.41, 5.74) is -0.240. The molecule has 3 aliphatic rings. The van der Waals surface area contributed by atoms with Crippen LogP contribution >= 0.6 is 0 Å². The number of cyclic esters (lactones) is 1. The molecule has 8 heteroatoms. The fourth-order valence-electron chi connectivity index (χ4n) is 3.79. The highest BCUT2D eigenvalue weighted by molar-refractivity contribution is 5.91. The van der Waals surface area contributed by atoms with Crippen molar-refractivity contribution < 1.29 is 29.0 Å². The second-order valence-corrected chi connectivity index (χ2v) is 8.45. The molecule has 1 N–H and O–H groups in total. The molecule has 8 nitrogen and oxygen atoms in total. The van der Waals surface area contributed by atoms with Gasteiger partial charge in [-0.25, -0.2) is 9.59 Å². The normalized spacial score (nSPS) is 25.7. The molecule has 2 amide bonds. The van der Waals surface area contributed by atoms with E-state index in [0.717, 1.165) is 0 Å².